The number of rotatable bonds is 1. The summed E-state index contributed by atoms with van der Waals surface area (Å²) in [5.41, 5.74) is 7.14. The second-order valence-corrected chi connectivity index (χ2v) is 2.41. The lowest BCUT2D eigenvalue weighted by Gasteiger charge is -1.95. The summed E-state index contributed by atoms with van der Waals surface area (Å²) in [6, 6.07) is 3.84. The van der Waals surface area contributed by atoms with Crippen LogP contribution in [0.1, 0.15) is 0 Å². The third-order valence-electron chi connectivity index (χ3n) is 1.55. The van der Waals surface area contributed by atoms with Crippen LogP contribution in [0, 0.1) is 0 Å². The summed E-state index contributed by atoms with van der Waals surface area (Å²) in [6.07, 6.45) is 5.02. The molecule has 0 fully saturated rings. The Balaban J connectivity index is 2.43. The van der Waals surface area contributed by atoms with E-state index in [4.69, 9.17) is 5.73 Å². The molecule has 4 heteroatoms. The second kappa shape index (κ2) is 2.65. The fourth-order valence-electron chi connectivity index (χ4n) is 0.967. The van der Waals surface area contributed by atoms with E-state index >= 15 is 0 Å². The van der Waals surface area contributed by atoms with Gasteiger partial charge in [0.1, 0.15) is 11.5 Å². The highest BCUT2D eigenvalue weighted by Gasteiger charge is 1.98. The van der Waals surface area contributed by atoms with Crippen molar-refractivity contribution < 1.29 is 0 Å². The quantitative estimate of drug-likeness (QED) is 0.655. The smallest absolute Gasteiger partial charge is 0.141 e. The van der Waals surface area contributed by atoms with Gasteiger partial charge in [0.25, 0.3) is 0 Å². The number of nitrogens with zero attached hydrogens (tertiary/aromatic N) is 2. The predicted molar refractivity (Wildman–Crippen MR) is 46.2 cm³/mol. The molecule has 0 aliphatic rings. The van der Waals surface area contributed by atoms with E-state index < -0.39 is 0 Å². The van der Waals surface area contributed by atoms with Gasteiger partial charge in [-0.15, -0.1) is 0 Å². The van der Waals surface area contributed by atoms with Crippen LogP contribution in [-0.2, 0) is 0 Å². The van der Waals surface area contributed by atoms with Gasteiger partial charge in [0, 0.05) is 6.20 Å². The van der Waals surface area contributed by atoms with E-state index in [1.807, 2.05) is 18.3 Å². The zero-order valence-corrected chi connectivity index (χ0v) is 6.36. The topological polar surface area (TPSA) is 67.6 Å². The molecule has 0 radical (unpaired) electrons. The van der Waals surface area contributed by atoms with E-state index in [2.05, 4.69) is 15.0 Å². The van der Waals surface area contributed by atoms with Crippen molar-refractivity contribution in [1.29, 1.82) is 0 Å². The van der Waals surface area contributed by atoms with Gasteiger partial charge in [-0.3, -0.25) is 0 Å². The molecular weight excluding hydrogens is 152 g/mol. The third-order valence-corrected chi connectivity index (χ3v) is 1.55. The van der Waals surface area contributed by atoms with Gasteiger partial charge >= 0.3 is 0 Å². The minimum absolute atomic E-state index is 0.435. The van der Waals surface area contributed by atoms with Crippen molar-refractivity contribution in [3.8, 4) is 11.4 Å². The fourth-order valence-corrected chi connectivity index (χ4v) is 0.967. The third kappa shape index (κ3) is 1.14. The number of nitrogen functional groups attached to an aromatic ring is 1. The molecule has 0 saturated heterocycles. The summed E-state index contributed by atoms with van der Waals surface area (Å²) in [5, 5.41) is 0. The molecule has 2 aromatic heterocycles. The first-order valence-corrected chi connectivity index (χ1v) is 3.57. The molecule has 3 N–H and O–H groups in total. The lowest BCUT2D eigenvalue weighted by atomic mass is 10.3. The first-order valence-electron chi connectivity index (χ1n) is 3.57. The Morgan fingerprint density at radius 3 is 2.75 bits per heavy atom. The molecular formula is C8H8N4. The number of nitrogens with two attached hydrogens (primary N) is 1. The van der Waals surface area contributed by atoms with E-state index in [1.165, 1.54) is 6.20 Å². The van der Waals surface area contributed by atoms with E-state index in [0.29, 0.717) is 5.82 Å². The lowest BCUT2D eigenvalue weighted by molar-refractivity contribution is 1.20. The lowest BCUT2D eigenvalue weighted by Crippen LogP contribution is -1.92. The Morgan fingerprint density at radius 2 is 2.17 bits per heavy atom. The Bertz CT molecular complexity index is 349. The SMILES string of the molecule is Nc1cnc(-c2ccc[nH]2)cn1. The van der Waals surface area contributed by atoms with Crippen molar-refractivity contribution in [3.05, 3.63) is 30.7 Å². The van der Waals surface area contributed by atoms with E-state index in [0.717, 1.165) is 11.4 Å². The number of aromatic nitrogens is 3. The van der Waals surface area contributed by atoms with Crippen LogP contribution < -0.4 is 5.73 Å². The first-order chi connectivity index (χ1) is 5.86. The molecule has 2 rings (SSSR count). The molecule has 0 aliphatic carbocycles. The summed E-state index contributed by atoms with van der Waals surface area (Å²) in [4.78, 5) is 11.1. The van der Waals surface area contributed by atoms with Crippen LogP contribution in [0.2, 0.25) is 0 Å². The van der Waals surface area contributed by atoms with Gasteiger partial charge in [0.05, 0.1) is 18.1 Å². The average molecular weight is 160 g/mol. The van der Waals surface area contributed by atoms with Gasteiger partial charge in [-0.25, -0.2) is 9.97 Å². The summed E-state index contributed by atoms with van der Waals surface area (Å²) in [7, 11) is 0. The molecule has 4 nitrogen and oxygen atoms in total. The number of hydrogen-bond donors (Lipinski definition) is 2. The van der Waals surface area contributed by atoms with Crippen LogP contribution >= 0.6 is 0 Å². The number of anilines is 1. The standard InChI is InChI=1S/C8H8N4/c9-8-5-11-7(4-12-8)6-2-1-3-10-6/h1-5,10H,(H2,9,12). The van der Waals surface area contributed by atoms with Crippen molar-refractivity contribution in [3.63, 3.8) is 0 Å². The van der Waals surface area contributed by atoms with Crippen LogP contribution in [-0.4, -0.2) is 15.0 Å². The van der Waals surface area contributed by atoms with E-state index in [9.17, 15) is 0 Å². The van der Waals surface area contributed by atoms with E-state index in [-0.39, 0.29) is 0 Å². The minimum atomic E-state index is 0.435. The van der Waals surface area contributed by atoms with Crippen molar-refractivity contribution in [2.24, 2.45) is 0 Å². The van der Waals surface area contributed by atoms with Crippen molar-refractivity contribution in [1.82, 2.24) is 15.0 Å². The molecule has 0 aromatic carbocycles. The number of hydrogen-bond acceptors (Lipinski definition) is 3. The highest BCUT2D eigenvalue weighted by Crippen LogP contribution is 2.12. The van der Waals surface area contributed by atoms with Crippen molar-refractivity contribution in [2.75, 3.05) is 5.73 Å². The van der Waals surface area contributed by atoms with Gasteiger partial charge in [-0.2, -0.15) is 0 Å². The molecule has 0 atom stereocenters. The predicted octanol–water partition coefficient (Wildman–Crippen LogP) is 1.05. The van der Waals surface area contributed by atoms with Crippen LogP contribution in [0.15, 0.2) is 30.7 Å². The number of aromatic amines is 1. The van der Waals surface area contributed by atoms with Gasteiger partial charge in [0.15, 0.2) is 0 Å². The highest BCUT2D eigenvalue weighted by atomic mass is 14.9. The number of nitrogens with one attached hydrogen (secondary N) is 1. The Morgan fingerprint density at radius 1 is 1.25 bits per heavy atom. The number of H-pyrrole nitrogens is 1. The van der Waals surface area contributed by atoms with Gasteiger partial charge in [0.2, 0.25) is 0 Å². The molecule has 2 heterocycles. The first kappa shape index (κ1) is 6.84. The zero-order chi connectivity index (χ0) is 8.39. The molecule has 0 unspecified atom stereocenters. The highest BCUT2D eigenvalue weighted by molar-refractivity contribution is 5.53. The summed E-state index contributed by atoms with van der Waals surface area (Å²) in [6.45, 7) is 0. The summed E-state index contributed by atoms with van der Waals surface area (Å²) in [5.74, 6) is 0.435. The monoisotopic (exact) mass is 160 g/mol. The van der Waals surface area contributed by atoms with Gasteiger partial charge in [-0.05, 0) is 12.1 Å². The summed E-state index contributed by atoms with van der Waals surface area (Å²) < 4.78 is 0. The molecule has 2 aromatic rings. The van der Waals surface area contributed by atoms with Gasteiger partial charge < -0.3 is 10.7 Å². The van der Waals surface area contributed by atoms with Crippen molar-refractivity contribution >= 4 is 5.82 Å². The van der Waals surface area contributed by atoms with Crippen LogP contribution in [0.3, 0.4) is 0 Å². The molecule has 0 amide bonds. The largest absolute Gasteiger partial charge is 0.382 e. The second-order valence-electron chi connectivity index (χ2n) is 2.41. The van der Waals surface area contributed by atoms with Gasteiger partial charge in [-0.1, -0.05) is 0 Å². The maximum Gasteiger partial charge on any atom is 0.141 e. The maximum absolute atomic E-state index is 5.40. The molecule has 0 spiro atoms. The Hall–Kier alpha value is -1.84. The Labute approximate surface area is 69.5 Å². The average Bonchev–Trinajstić information content (AvgIpc) is 2.58. The molecule has 0 aliphatic heterocycles. The van der Waals surface area contributed by atoms with E-state index in [1.54, 1.807) is 6.20 Å². The molecule has 12 heavy (non-hydrogen) atoms. The fraction of sp³-hybridized carbons (Fsp3) is 0. The maximum atomic E-state index is 5.40. The van der Waals surface area contributed by atoms with Crippen LogP contribution in [0.5, 0.6) is 0 Å². The van der Waals surface area contributed by atoms with Crippen molar-refractivity contribution in [2.45, 2.75) is 0 Å². The minimum Gasteiger partial charge on any atom is -0.382 e. The molecule has 0 bridgehead atoms. The Kier molecular flexibility index (Phi) is 1.51. The summed E-state index contributed by atoms with van der Waals surface area (Å²) >= 11 is 0. The normalized spacial score (nSPS) is 10.0. The zero-order valence-electron chi connectivity index (χ0n) is 6.36. The molecule has 60 valence electrons. The van der Waals surface area contributed by atoms with Crippen LogP contribution in [0.4, 0.5) is 5.82 Å². The molecule has 0 saturated carbocycles. The van der Waals surface area contributed by atoms with Crippen LogP contribution in [0.25, 0.3) is 11.4 Å².